The van der Waals surface area contributed by atoms with Crippen molar-refractivity contribution in [3.8, 4) is 5.75 Å². The van der Waals surface area contributed by atoms with Gasteiger partial charge in [0.05, 0.1) is 6.54 Å². The topological polar surface area (TPSA) is 66.0 Å². The van der Waals surface area contributed by atoms with Gasteiger partial charge >= 0.3 is 0 Å². The van der Waals surface area contributed by atoms with Gasteiger partial charge in [-0.15, -0.1) is 0 Å². The van der Waals surface area contributed by atoms with E-state index in [-0.39, 0.29) is 0 Å². The van der Waals surface area contributed by atoms with Crippen LogP contribution in [-0.4, -0.2) is 21.3 Å². The van der Waals surface area contributed by atoms with E-state index in [9.17, 15) is 0 Å². The number of nitrogens with zero attached hydrogens (tertiary/aromatic N) is 3. The zero-order valence-electron chi connectivity index (χ0n) is 15.6. The molecule has 1 unspecified atom stereocenters. The van der Waals surface area contributed by atoms with E-state index in [4.69, 9.17) is 15.6 Å². The SMILES string of the molecule is NCCC1CCCc2c1c(COc1ccccc1)nn2Cc1ccncc1. The van der Waals surface area contributed by atoms with Crippen LogP contribution in [0.4, 0.5) is 0 Å². The largest absolute Gasteiger partial charge is 0.487 e. The first-order chi connectivity index (χ1) is 13.3. The fourth-order valence-corrected chi connectivity index (χ4v) is 4.02. The number of fused-ring (bicyclic) bond motifs is 1. The number of benzene rings is 1. The summed E-state index contributed by atoms with van der Waals surface area (Å²) in [6.07, 6.45) is 8.12. The highest BCUT2D eigenvalue weighted by Crippen LogP contribution is 2.36. The van der Waals surface area contributed by atoms with E-state index in [0.29, 0.717) is 19.1 Å². The molecule has 1 aromatic carbocycles. The number of aromatic nitrogens is 3. The van der Waals surface area contributed by atoms with Crippen molar-refractivity contribution in [2.24, 2.45) is 5.73 Å². The summed E-state index contributed by atoms with van der Waals surface area (Å²) in [4.78, 5) is 4.12. The van der Waals surface area contributed by atoms with Gasteiger partial charge in [0.25, 0.3) is 0 Å². The predicted octanol–water partition coefficient (Wildman–Crippen LogP) is 3.67. The maximum Gasteiger partial charge on any atom is 0.132 e. The average molecular weight is 362 g/mol. The predicted molar refractivity (Wildman–Crippen MR) is 106 cm³/mol. The van der Waals surface area contributed by atoms with E-state index < -0.39 is 0 Å². The van der Waals surface area contributed by atoms with Gasteiger partial charge in [-0.3, -0.25) is 9.67 Å². The summed E-state index contributed by atoms with van der Waals surface area (Å²) in [7, 11) is 0. The molecule has 2 aromatic heterocycles. The number of hydrogen-bond acceptors (Lipinski definition) is 4. The number of pyridine rings is 1. The van der Waals surface area contributed by atoms with Gasteiger partial charge in [0.1, 0.15) is 18.1 Å². The molecule has 0 saturated heterocycles. The fourth-order valence-electron chi connectivity index (χ4n) is 4.02. The molecule has 0 aliphatic heterocycles. The lowest BCUT2D eigenvalue weighted by Crippen LogP contribution is -2.16. The Balaban J connectivity index is 1.64. The van der Waals surface area contributed by atoms with Gasteiger partial charge in [0.15, 0.2) is 0 Å². The molecule has 140 valence electrons. The Bertz CT molecular complexity index is 861. The smallest absolute Gasteiger partial charge is 0.132 e. The van der Waals surface area contributed by atoms with E-state index in [1.54, 1.807) is 0 Å². The molecule has 27 heavy (non-hydrogen) atoms. The van der Waals surface area contributed by atoms with Crippen LogP contribution in [0.2, 0.25) is 0 Å². The Morgan fingerprint density at radius 2 is 1.93 bits per heavy atom. The second kappa shape index (κ2) is 8.35. The molecule has 0 amide bonds. The second-order valence-corrected chi connectivity index (χ2v) is 7.09. The third-order valence-electron chi connectivity index (χ3n) is 5.26. The van der Waals surface area contributed by atoms with Gasteiger partial charge in [-0.05, 0) is 68.0 Å². The van der Waals surface area contributed by atoms with Crippen LogP contribution < -0.4 is 10.5 Å². The Kier molecular flexibility index (Phi) is 5.49. The number of nitrogens with two attached hydrogens (primary N) is 1. The Hall–Kier alpha value is -2.66. The Morgan fingerprint density at radius 1 is 1.11 bits per heavy atom. The van der Waals surface area contributed by atoms with Crippen molar-refractivity contribution in [3.63, 3.8) is 0 Å². The van der Waals surface area contributed by atoms with Gasteiger partial charge in [-0.25, -0.2) is 0 Å². The van der Waals surface area contributed by atoms with Gasteiger partial charge in [0.2, 0.25) is 0 Å². The zero-order chi connectivity index (χ0) is 18.5. The van der Waals surface area contributed by atoms with Crippen LogP contribution in [0.5, 0.6) is 5.75 Å². The molecule has 1 aliphatic carbocycles. The molecule has 5 heteroatoms. The minimum Gasteiger partial charge on any atom is -0.487 e. The lowest BCUT2D eigenvalue weighted by Gasteiger charge is -2.24. The highest BCUT2D eigenvalue weighted by atomic mass is 16.5. The van der Waals surface area contributed by atoms with Crippen molar-refractivity contribution < 1.29 is 4.74 Å². The lowest BCUT2D eigenvalue weighted by atomic mass is 9.83. The molecule has 2 heterocycles. The first kappa shape index (κ1) is 17.7. The van der Waals surface area contributed by atoms with Gasteiger partial charge < -0.3 is 10.5 Å². The van der Waals surface area contributed by atoms with E-state index in [2.05, 4.69) is 21.8 Å². The minimum absolute atomic E-state index is 0.485. The summed E-state index contributed by atoms with van der Waals surface area (Å²) in [6, 6.07) is 14.0. The number of rotatable bonds is 7. The highest BCUT2D eigenvalue weighted by molar-refractivity contribution is 5.34. The molecule has 1 atom stereocenters. The van der Waals surface area contributed by atoms with Crippen LogP contribution in [-0.2, 0) is 19.6 Å². The third kappa shape index (κ3) is 4.03. The molecular formula is C22H26N4O. The molecular weight excluding hydrogens is 336 g/mol. The summed E-state index contributed by atoms with van der Waals surface area (Å²) < 4.78 is 8.19. The molecule has 5 nitrogen and oxygen atoms in total. The fraction of sp³-hybridized carbons (Fsp3) is 0.364. The highest BCUT2D eigenvalue weighted by Gasteiger charge is 2.28. The van der Waals surface area contributed by atoms with Crippen LogP contribution in [0.15, 0.2) is 54.9 Å². The molecule has 3 aromatic rings. The monoisotopic (exact) mass is 362 g/mol. The van der Waals surface area contributed by atoms with E-state index in [1.807, 2.05) is 42.7 Å². The molecule has 0 radical (unpaired) electrons. The maximum atomic E-state index is 6.03. The van der Waals surface area contributed by atoms with E-state index >= 15 is 0 Å². The number of ether oxygens (including phenoxy) is 1. The molecule has 4 rings (SSSR count). The number of hydrogen-bond donors (Lipinski definition) is 1. The normalized spacial score (nSPS) is 16.1. The first-order valence-electron chi connectivity index (χ1n) is 9.70. The lowest BCUT2D eigenvalue weighted by molar-refractivity contribution is 0.297. The minimum atomic E-state index is 0.485. The van der Waals surface area contributed by atoms with Crippen LogP contribution in [0.1, 0.15) is 47.7 Å². The summed E-state index contributed by atoms with van der Waals surface area (Å²) in [5.41, 5.74) is 10.9. The Morgan fingerprint density at radius 3 is 2.70 bits per heavy atom. The summed E-state index contributed by atoms with van der Waals surface area (Å²) in [5.74, 6) is 1.36. The van der Waals surface area contributed by atoms with Crippen molar-refractivity contribution in [2.45, 2.75) is 44.8 Å². The second-order valence-electron chi connectivity index (χ2n) is 7.09. The van der Waals surface area contributed by atoms with Crippen molar-refractivity contribution in [3.05, 3.63) is 77.4 Å². The van der Waals surface area contributed by atoms with Gasteiger partial charge in [0, 0.05) is 23.7 Å². The Labute approximate surface area is 160 Å². The summed E-state index contributed by atoms with van der Waals surface area (Å²) >= 11 is 0. The van der Waals surface area contributed by atoms with Crippen molar-refractivity contribution >= 4 is 0 Å². The van der Waals surface area contributed by atoms with Crippen LogP contribution in [0, 0.1) is 0 Å². The standard InChI is InChI=1S/C22H26N4O/c23-12-9-18-5-4-8-21-22(18)20(16-27-19-6-2-1-3-7-19)25-26(21)15-17-10-13-24-14-11-17/h1-3,6-7,10-11,13-14,18H,4-5,8-9,12,15-16,23H2. The van der Waals surface area contributed by atoms with Crippen molar-refractivity contribution in [1.29, 1.82) is 0 Å². The third-order valence-corrected chi connectivity index (χ3v) is 5.26. The van der Waals surface area contributed by atoms with Gasteiger partial charge in [-0.1, -0.05) is 18.2 Å². The van der Waals surface area contributed by atoms with E-state index in [1.165, 1.54) is 29.7 Å². The molecule has 0 saturated carbocycles. The van der Waals surface area contributed by atoms with Gasteiger partial charge in [-0.2, -0.15) is 5.10 Å². The number of para-hydroxylation sites is 1. The average Bonchev–Trinajstić information content (AvgIpc) is 3.07. The van der Waals surface area contributed by atoms with Crippen LogP contribution >= 0.6 is 0 Å². The van der Waals surface area contributed by atoms with Crippen LogP contribution in [0.3, 0.4) is 0 Å². The molecule has 0 bridgehead atoms. The van der Waals surface area contributed by atoms with Crippen molar-refractivity contribution in [2.75, 3.05) is 6.54 Å². The molecule has 1 aliphatic rings. The zero-order valence-corrected chi connectivity index (χ0v) is 15.6. The molecule has 2 N–H and O–H groups in total. The summed E-state index contributed by atoms with van der Waals surface area (Å²) in [5, 5.41) is 4.97. The molecule has 0 fully saturated rings. The first-order valence-corrected chi connectivity index (χ1v) is 9.70. The summed E-state index contributed by atoms with van der Waals surface area (Å²) in [6.45, 7) is 1.97. The molecule has 0 spiro atoms. The maximum absolute atomic E-state index is 6.03. The van der Waals surface area contributed by atoms with Crippen molar-refractivity contribution in [1.82, 2.24) is 14.8 Å². The van der Waals surface area contributed by atoms with E-state index in [0.717, 1.165) is 30.8 Å². The quantitative estimate of drug-likeness (QED) is 0.696. The van der Waals surface area contributed by atoms with Crippen LogP contribution in [0.25, 0.3) is 0 Å².